The Labute approximate surface area is 194 Å². The Bertz CT molecular complexity index is 1130. The van der Waals surface area contributed by atoms with Gasteiger partial charge in [0.05, 0.1) is 25.2 Å². The number of benzene rings is 1. The van der Waals surface area contributed by atoms with Crippen molar-refractivity contribution in [2.75, 3.05) is 25.5 Å². The first-order valence-corrected chi connectivity index (χ1v) is 11.0. The number of rotatable bonds is 5. The van der Waals surface area contributed by atoms with Crippen LogP contribution in [0.15, 0.2) is 66.5 Å². The Morgan fingerprint density at radius 1 is 1.12 bits per heavy atom. The zero-order chi connectivity index (χ0) is 23.2. The number of pyridine rings is 2. The molecule has 1 aliphatic rings. The number of nitrogens with zero attached hydrogens (tertiary/aromatic N) is 3. The molecular formula is C26H28N4O3. The van der Waals surface area contributed by atoms with E-state index in [2.05, 4.69) is 34.4 Å². The van der Waals surface area contributed by atoms with Crippen LogP contribution in [-0.2, 0) is 0 Å². The van der Waals surface area contributed by atoms with Gasteiger partial charge < -0.3 is 19.7 Å². The number of carbonyl (C=O) groups excluding carboxylic acids is 1. The predicted octanol–water partition coefficient (Wildman–Crippen LogP) is 5.54. The normalized spacial score (nSPS) is 17.0. The van der Waals surface area contributed by atoms with Gasteiger partial charge in [-0.25, -0.2) is 9.78 Å². The molecule has 1 saturated heterocycles. The molecule has 0 spiro atoms. The first-order chi connectivity index (χ1) is 16.0. The second-order valence-corrected chi connectivity index (χ2v) is 8.15. The van der Waals surface area contributed by atoms with Crippen molar-refractivity contribution in [3.8, 4) is 17.4 Å². The van der Waals surface area contributed by atoms with Crippen molar-refractivity contribution in [3.63, 3.8) is 0 Å². The van der Waals surface area contributed by atoms with Crippen molar-refractivity contribution in [2.24, 2.45) is 5.92 Å². The van der Waals surface area contributed by atoms with Crippen LogP contribution in [0.3, 0.4) is 0 Å². The van der Waals surface area contributed by atoms with E-state index in [0.29, 0.717) is 30.4 Å². The fraction of sp³-hybridized carbons (Fsp3) is 0.269. The van der Waals surface area contributed by atoms with E-state index in [4.69, 9.17) is 9.47 Å². The predicted molar refractivity (Wildman–Crippen MR) is 129 cm³/mol. The number of methoxy groups -OCH3 is 1. The van der Waals surface area contributed by atoms with Crippen LogP contribution < -0.4 is 14.8 Å². The minimum Gasteiger partial charge on any atom is -0.481 e. The second kappa shape index (κ2) is 10.2. The number of aryl methyl sites for hydroxylation is 1. The molecule has 1 fully saturated rings. The van der Waals surface area contributed by atoms with E-state index in [9.17, 15) is 4.79 Å². The lowest BCUT2D eigenvalue weighted by Gasteiger charge is -2.33. The number of ether oxygens (including phenoxy) is 2. The maximum absolute atomic E-state index is 12.7. The number of amides is 2. The molecular weight excluding hydrogens is 416 g/mol. The van der Waals surface area contributed by atoms with Gasteiger partial charge in [-0.15, -0.1) is 0 Å². The van der Waals surface area contributed by atoms with Crippen molar-refractivity contribution >= 4 is 17.8 Å². The Kier molecular flexibility index (Phi) is 6.88. The molecule has 1 aromatic carbocycles. The van der Waals surface area contributed by atoms with Crippen molar-refractivity contribution in [1.82, 2.24) is 14.9 Å². The van der Waals surface area contributed by atoms with Gasteiger partial charge in [0.15, 0.2) is 0 Å². The summed E-state index contributed by atoms with van der Waals surface area (Å²) < 4.78 is 11.0. The van der Waals surface area contributed by atoms with Crippen LogP contribution >= 0.6 is 0 Å². The molecule has 0 aliphatic carbocycles. The van der Waals surface area contributed by atoms with Crippen LogP contribution in [0.25, 0.3) is 6.08 Å². The Hall–Kier alpha value is -3.87. The molecule has 0 bridgehead atoms. The number of piperidine rings is 1. The summed E-state index contributed by atoms with van der Waals surface area (Å²) in [6.45, 7) is 5.42. The molecule has 170 valence electrons. The summed E-state index contributed by atoms with van der Waals surface area (Å²) in [6, 6.07) is 15.2. The van der Waals surface area contributed by atoms with E-state index in [-0.39, 0.29) is 11.9 Å². The average Bonchev–Trinajstić information content (AvgIpc) is 2.82. The number of anilines is 1. The zero-order valence-electron chi connectivity index (χ0n) is 19.1. The third kappa shape index (κ3) is 5.88. The minimum atomic E-state index is -0.116. The van der Waals surface area contributed by atoms with Crippen LogP contribution in [0, 0.1) is 12.8 Å². The van der Waals surface area contributed by atoms with Gasteiger partial charge >= 0.3 is 6.03 Å². The molecule has 1 N–H and O–H groups in total. The number of hydrogen-bond donors (Lipinski definition) is 1. The van der Waals surface area contributed by atoms with E-state index in [1.807, 2.05) is 42.2 Å². The lowest BCUT2D eigenvalue weighted by Crippen LogP contribution is -2.42. The number of urea groups is 1. The van der Waals surface area contributed by atoms with Crippen LogP contribution in [-0.4, -0.2) is 41.1 Å². The summed E-state index contributed by atoms with van der Waals surface area (Å²) >= 11 is 0. The number of aromatic nitrogens is 2. The molecule has 1 aliphatic heterocycles. The molecule has 0 radical (unpaired) electrons. The molecule has 0 saturated carbocycles. The fourth-order valence-corrected chi connectivity index (χ4v) is 3.76. The van der Waals surface area contributed by atoms with Gasteiger partial charge in [-0.1, -0.05) is 30.7 Å². The van der Waals surface area contributed by atoms with E-state index in [1.165, 1.54) is 5.57 Å². The van der Waals surface area contributed by atoms with Crippen molar-refractivity contribution in [2.45, 2.75) is 20.3 Å². The van der Waals surface area contributed by atoms with Gasteiger partial charge in [0, 0.05) is 24.8 Å². The van der Waals surface area contributed by atoms with Crippen LogP contribution in [0.1, 0.15) is 24.6 Å². The Balaban J connectivity index is 1.37. The highest BCUT2D eigenvalue weighted by molar-refractivity contribution is 5.89. The van der Waals surface area contributed by atoms with Crippen LogP contribution in [0.2, 0.25) is 0 Å². The summed E-state index contributed by atoms with van der Waals surface area (Å²) in [5.41, 5.74) is 4.00. The SMILES string of the molecule is COc1ccc(NC(=O)N2CCC(=Cc3cccc(Oc4ccc(C)nc4)c3)C(C)C2)cn1. The van der Waals surface area contributed by atoms with Crippen molar-refractivity contribution in [1.29, 1.82) is 0 Å². The van der Waals surface area contributed by atoms with E-state index < -0.39 is 0 Å². The molecule has 33 heavy (non-hydrogen) atoms. The molecule has 7 heteroatoms. The maximum Gasteiger partial charge on any atom is 0.321 e. The zero-order valence-corrected chi connectivity index (χ0v) is 19.1. The van der Waals surface area contributed by atoms with Crippen LogP contribution in [0.5, 0.6) is 17.4 Å². The number of carbonyl (C=O) groups is 1. The summed E-state index contributed by atoms with van der Waals surface area (Å²) in [6.07, 6.45) is 6.35. The summed E-state index contributed by atoms with van der Waals surface area (Å²) in [7, 11) is 1.56. The standard InChI is InChI=1S/C26H28N4O3/c1-18-17-30(26(31)29-22-8-10-25(32-3)28-15-22)12-11-21(18)13-20-5-4-6-23(14-20)33-24-9-7-19(2)27-16-24/h4-10,13-16,18H,11-12,17H2,1-3H3,(H,29,31). The second-order valence-electron chi connectivity index (χ2n) is 8.15. The molecule has 1 unspecified atom stereocenters. The highest BCUT2D eigenvalue weighted by atomic mass is 16.5. The largest absolute Gasteiger partial charge is 0.481 e. The summed E-state index contributed by atoms with van der Waals surface area (Å²) in [5, 5.41) is 2.91. The van der Waals surface area contributed by atoms with E-state index in [0.717, 1.165) is 23.4 Å². The monoisotopic (exact) mass is 444 g/mol. The molecule has 7 nitrogen and oxygen atoms in total. The van der Waals surface area contributed by atoms with Crippen molar-refractivity contribution in [3.05, 3.63) is 77.8 Å². The first-order valence-electron chi connectivity index (χ1n) is 11.0. The Morgan fingerprint density at radius 2 is 2.00 bits per heavy atom. The van der Waals surface area contributed by atoms with Gasteiger partial charge in [0.2, 0.25) is 5.88 Å². The third-order valence-corrected chi connectivity index (χ3v) is 5.61. The molecule has 2 amide bonds. The first kappa shape index (κ1) is 22.3. The molecule has 4 rings (SSSR count). The quantitative estimate of drug-likeness (QED) is 0.559. The molecule has 3 aromatic rings. The average molecular weight is 445 g/mol. The minimum absolute atomic E-state index is 0.116. The van der Waals surface area contributed by atoms with Gasteiger partial charge in [-0.2, -0.15) is 0 Å². The number of nitrogens with one attached hydrogen (secondary N) is 1. The lowest BCUT2D eigenvalue weighted by atomic mass is 9.91. The Morgan fingerprint density at radius 3 is 2.70 bits per heavy atom. The fourth-order valence-electron chi connectivity index (χ4n) is 3.76. The van der Waals surface area contributed by atoms with Crippen LogP contribution in [0.4, 0.5) is 10.5 Å². The maximum atomic E-state index is 12.7. The molecule has 2 aromatic heterocycles. The van der Waals surface area contributed by atoms with E-state index in [1.54, 1.807) is 31.6 Å². The number of likely N-dealkylation sites (tertiary alicyclic amines) is 1. The van der Waals surface area contributed by atoms with E-state index >= 15 is 0 Å². The highest BCUT2D eigenvalue weighted by Crippen LogP contribution is 2.28. The lowest BCUT2D eigenvalue weighted by molar-refractivity contribution is 0.198. The summed E-state index contributed by atoms with van der Waals surface area (Å²) in [5.74, 6) is 2.25. The van der Waals surface area contributed by atoms with Gasteiger partial charge in [0.25, 0.3) is 0 Å². The van der Waals surface area contributed by atoms with Gasteiger partial charge in [-0.3, -0.25) is 4.98 Å². The highest BCUT2D eigenvalue weighted by Gasteiger charge is 2.24. The molecule has 1 atom stereocenters. The van der Waals surface area contributed by atoms with Gasteiger partial charge in [-0.05, 0) is 55.2 Å². The van der Waals surface area contributed by atoms with Crippen molar-refractivity contribution < 1.29 is 14.3 Å². The number of hydrogen-bond acceptors (Lipinski definition) is 5. The summed E-state index contributed by atoms with van der Waals surface area (Å²) in [4.78, 5) is 22.9. The smallest absolute Gasteiger partial charge is 0.321 e. The topological polar surface area (TPSA) is 76.6 Å². The third-order valence-electron chi connectivity index (χ3n) is 5.61. The van der Waals surface area contributed by atoms with Gasteiger partial charge in [0.1, 0.15) is 11.5 Å². The molecule has 3 heterocycles.